The van der Waals surface area contributed by atoms with Crippen molar-refractivity contribution in [1.82, 2.24) is 4.90 Å². The lowest BCUT2D eigenvalue weighted by molar-refractivity contribution is -0.136. The molecule has 1 N–H and O–H groups in total. The maximum Gasteiger partial charge on any atom is 0.233 e. The number of anilines is 1. The Bertz CT molecular complexity index is 759. The molecule has 4 nitrogen and oxygen atoms in total. The van der Waals surface area contributed by atoms with Gasteiger partial charge < -0.3 is 10.2 Å². The van der Waals surface area contributed by atoms with Crippen LogP contribution in [0.4, 0.5) is 5.69 Å². The molecule has 0 bridgehead atoms. The van der Waals surface area contributed by atoms with Crippen LogP contribution in [0.5, 0.6) is 0 Å². The van der Waals surface area contributed by atoms with Gasteiger partial charge in [0.1, 0.15) is 6.42 Å². The molecule has 0 aliphatic carbocycles. The Balaban J connectivity index is 2.06. The van der Waals surface area contributed by atoms with Gasteiger partial charge in [0.05, 0.1) is 0 Å². The normalized spacial score (nSPS) is 10.7. The van der Waals surface area contributed by atoms with E-state index in [2.05, 4.69) is 5.32 Å². The summed E-state index contributed by atoms with van der Waals surface area (Å²) in [5, 5.41) is 2.91. The predicted octanol–water partition coefficient (Wildman–Crippen LogP) is 4.38. The first kappa shape index (κ1) is 19.7. The van der Waals surface area contributed by atoms with Crippen LogP contribution in [0.1, 0.15) is 42.5 Å². The van der Waals surface area contributed by atoms with Gasteiger partial charge in [-0.05, 0) is 51.3 Å². The number of hydrogen-bond donors (Lipinski definition) is 1. The minimum absolute atomic E-state index is 0.0263. The molecular formula is C22H28N2O2. The van der Waals surface area contributed by atoms with E-state index in [0.717, 1.165) is 27.9 Å². The van der Waals surface area contributed by atoms with Crippen molar-refractivity contribution in [3.63, 3.8) is 0 Å². The molecule has 2 aromatic carbocycles. The Hall–Kier alpha value is -2.62. The van der Waals surface area contributed by atoms with Gasteiger partial charge in [0.2, 0.25) is 11.8 Å². The first-order valence-corrected chi connectivity index (χ1v) is 8.99. The van der Waals surface area contributed by atoms with Crippen LogP contribution in [0.15, 0.2) is 42.5 Å². The highest BCUT2D eigenvalue weighted by atomic mass is 16.2. The number of nitrogens with zero attached hydrogens (tertiary/aromatic N) is 1. The van der Waals surface area contributed by atoms with E-state index in [-0.39, 0.29) is 24.3 Å². The zero-order valence-corrected chi connectivity index (χ0v) is 16.3. The highest BCUT2D eigenvalue weighted by molar-refractivity contribution is 6.04. The van der Waals surface area contributed by atoms with Crippen LogP contribution >= 0.6 is 0 Å². The summed E-state index contributed by atoms with van der Waals surface area (Å²) in [7, 11) is 0. The molecule has 0 aliphatic rings. The van der Waals surface area contributed by atoms with Gasteiger partial charge in [-0.3, -0.25) is 9.59 Å². The zero-order valence-electron chi connectivity index (χ0n) is 16.3. The molecule has 138 valence electrons. The van der Waals surface area contributed by atoms with Gasteiger partial charge >= 0.3 is 0 Å². The van der Waals surface area contributed by atoms with Crippen LogP contribution < -0.4 is 5.32 Å². The second-order valence-electron chi connectivity index (χ2n) is 7.10. The van der Waals surface area contributed by atoms with Gasteiger partial charge in [0, 0.05) is 18.3 Å². The Morgan fingerprint density at radius 2 is 1.58 bits per heavy atom. The molecular weight excluding hydrogens is 324 g/mol. The molecule has 0 fully saturated rings. The van der Waals surface area contributed by atoms with Crippen LogP contribution in [-0.4, -0.2) is 22.8 Å². The molecule has 0 saturated heterocycles. The zero-order chi connectivity index (χ0) is 19.3. The smallest absolute Gasteiger partial charge is 0.233 e. The molecule has 2 aromatic rings. The summed E-state index contributed by atoms with van der Waals surface area (Å²) >= 11 is 0. The van der Waals surface area contributed by atoms with Gasteiger partial charge in [0.25, 0.3) is 0 Å². The molecule has 0 aliphatic heterocycles. The summed E-state index contributed by atoms with van der Waals surface area (Å²) in [4.78, 5) is 26.9. The number of carbonyl (C=O) groups is 2. The standard InChI is InChI=1S/C22H28N2O2/c1-15(2)24(14-19-9-7-6-8-10-19)21(26)13-20(25)23-22-17(4)11-16(3)12-18(22)5/h6-12,15H,13-14H2,1-5H3,(H,23,25). The van der Waals surface area contributed by atoms with Gasteiger partial charge in [0.15, 0.2) is 0 Å². The number of hydrogen-bond acceptors (Lipinski definition) is 2. The number of amides is 2. The fourth-order valence-corrected chi connectivity index (χ4v) is 3.14. The van der Waals surface area contributed by atoms with Gasteiger partial charge in [-0.15, -0.1) is 0 Å². The van der Waals surface area contributed by atoms with Gasteiger partial charge in [-0.2, -0.15) is 0 Å². The maximum atomic E-state index is 12.7. The van der Waals surface area contributed by atoms with Crippen molar-refractivity contribution >= 4 is 17.5 Å². The van der Waals surface area contributed by atoms with E-state index in [0.29, 0.717) is 6.54 Å². The molecule has 0 radical (unpaired) electrons. The summed E-state index contributed by atoms with van der Waals surface area (Å²) < 4.78 is 0. The van der Waals surface area contributed by atoms with Crippen molar-refractivity contribution in [2.45, 2.75) is 53.6 Å². The first-order valence-electron chi connectivity index (χ1n) is 8.99. The van der Waals surface area contributed by atoms with Crippen molar-refractivity contribution in [2.24, 2.45) is 0 Å². The van der Waals surface area contributed by atoms with Crippen molar-refractivity contribution in [3.8, 4) is 0 Å². The second-order valence-corrected chi connectivity index (χ2v) is 7.10. The molecule has 0 spiro atoms. The minimum Gasteiger partial charge on any atom is -0.336 e. The van der Waals surface area contributed by atoms with Crippen LogP contribution in [0.25, 0.3) is 0 Å². The second kappa shape index (κ2) is 8.65. The van der Waals surface area contributed by atoms with E-state index in [4.69, 9.17) is 0 Å². The lowest BCUT2D eigenvalue weighted by Gasteiger charge is -2.27. The average Bonchev–Trinajstić information content (AvgIpc) is 2.56. The molecule has 26 heavy (non-hydrogen) atoms. The highest BCUT2D eigenvalue weighted by Crippen LogP contribution is 2.22. The molecule has 0 atom stereocenters. The monoisotopic (exact) mass is 352 g/mol. The fraction of sp³-hybridized carbons (Fsp3) is 0.364. The van der Waals surface area contributed by atoms with Crippen molar-refractivity contribution < 1.29 is 9.59 Å². The number of benzene rings is 2. The van der Waals surface area contributed by atoms with Crippen molar-refractivity contribution in [1.29, 1.82) is 0 Å². The van der Waals surface area contributed by atoms with E-state index in [1.54, 1.807) is 4.90 Å². The Morgan fingerprint density at radius 1 is 1.00 bits per heavy atom. The van der Waals surface area contributed by atoms with Gasteiger partial charge in [-0.1, -0.05) is 48.0 Å². The highest BCUT2D eigenvalue weighted by Gasteiger charge is 2.21. The molecule has 2 amide bonds. The van der Waals surface area contributed by atoms with E-state index in [1.165, 1.54) is 0 Å². The number of nitrogens with one attached hydrogen (secondary N) is 1. The molecule has 0 aromatic heterocycles. The van der Waals surface area contributed by atoms with Gasteiger partial charge in [-0.25, -0.2) is 0 Å². The molecule has 2 rings (SSSR count). The Morgan fingerprint density at radius 3 is 2.12 bits per heavy atom. The molecule has 0 saturated carbocycles. The third-order valence-corrected chi connectivity index (χ3v) is 4.39. The molecule has 4 heteroatoms. The number of rotatable bonds is 6. The topological polar surface area (TPSA) is 49.4 Å². The Labute approximate surface area is 156 Å². The van der Waals surface area contributed by atoms with Crippen LogP contribution in [0.3, 0.4) is 0 Å². The summed E-state index contributed by atoms with van der Waals surface area (Å²) in [5.41, 5.74) is 5.03. The minimum atomic E-state index is -0.274. The van der Waals surface area contributed by atoms with Crippen LogP contribution in [0, 0.1) is 20.8 Å². The van der Waals surface area contributed by atoms with Crippen molar-refractivity contribution in [3.05, 3.63) is 64.7 Å². The molecule has 0 unspecified atom stereocenters. The average molecular weight is 352 g/mol. The summed E-state index contributed by atoms with van der Waals surface area (Å²) in [6, 6.07) is 13.9. The third-order valence-electron chi connectivity index (χ3n) is 4.39. The van der Waals surface area contributed by atoms with E-state index in [9.17, 15) is 9.59 Å². The van der Waals surface area contributed by atoms with Crippen LogP contribution in [0.2, 0.25) is 0 Å². The SMILES string of the molecule is Cc1cc(C)c(NC(=O)CC(=O)N(Cc2ccccc2)C(C)C)c(C)c1. The maximum absolute atomic E-state index is 12.7. The summed E-state index contributed by atoms with van der Waals surface area (Å²) in [6.45, 7) is 10.4. The Kier molecular flexibility index (Phi) is 6.56. The van der Waals surface area contributed by atoms with E-state index in [1.807, 2.05) is 77.1 Å². The largest absolute Gasteiger partial charge is 0.336 e. The quantitative estimate of drug-likeness (QED) is 0.785. The first-order chi connectivity index (χ1) is 12.3. The predicted molar refractivity (Wildman–Crippen MR) is 106 cm³/mol. The lowest BCUT2D eigenvalue weighted by Crippen LogP contribution is -2.38. The molecule has 0 heterocycles. The number of aryl methyl sites for hydroxylation is 3. The third kappa shape index (κ3) is 5.19. The van der Waals surface area contributed by atoms with Crippen molar-refractivity contribution in [2.75, 3.05) is 5.32 Å². The fourth-order valence-electron chi connectivity index (χ4n) is 3.14. The summed E-state index contributed by atoms with van der Waals surface area (Å²) in [5.74, 6) is -0.437. The van der Waals surface area contributed by atoms with E-state index >= 15 is 0 Å². The number of carbonyl (C=O) groups excluding carboxylic acids is 2. The van der Waals surface area contributed by atoms with E-state index < -0.39 is 0 Å². The lowest BCUT2D eigenvalue weighted by atomic mass is 10.0. The summed E-state index contributed by atoms with van der Waals surface area (Å²) in [6.07, 6.45) is -0.155. The van der Waals surface area contributed by atoms with Crippen LogP contribution in [-0.2, 0) is 16.1 Å².